The topological polar surface area (TPSA) is 57.7 Å². The van der Waals surface area contributed by atoms with Crippen LogP contribution in [-0.4, -0.2) is 38.3 Å². The van der Waals surface area contributed by atoms with Crippen molar-refractivity contribution in [3.05, 3.63) is 60.2 Å². The molecule has 6 heteroatoms. The summed E-state index contributed by atoms with van der Waals surface area (Å²) in [4.78, 5) is 15.0. The molecule has 0 saturated carbocycles. The minimum Gasteiger partial charge on any atom is -0.308 e. The highest BCUT2D eigenvalue weighted by molar-refractivity contribution is 7.89. The summed E-state index contributed by atoms with van der Waals surface area (Å²) in [5.41, 5.74) is 1.35. The third-order valence-electron chi connectivity index (χ3n) is 4.85. The normalized spacial score (nSPS) is 15.0. The standard InChI is InChI=1S/C21H26N2O3S/c1-2-3-17-23(19-9-5-4-6-10-19)21(24)18-11-13-20(14-12-18)27(25,26)22-15-7-8-16-22/h4-6,9-14H,2-3,7-8,15-17H2,1H3. The molecule has 0 atom stereocenters. The van der Waals surface area contributed by atoms with E-state index in [4.69, 9.17) is 0 Å². The number of rotatable bonds is 7. The van der Waals surface area contributed by atoms with Gasteiger partial charge in [-0.05, 0) is 55.7 Å². The summed E-state index contributed by atoms with van der Waals surface area (Å²) >= 11 is 0. The van der Waals surface area contributed by atoms with Gasteiger partial charge in [0.05, 0.1) is 4.90 Å². The molecule has 0 radical (unpaired) electrons. The van der Waals surface area contributed by atoms with Crippen LogP contribution in [0.15, 0.2) is 59.5 Å². The van der Waals surface area contributed by atoms with Crippen molar-refractivity contribution in [3.63, 3.8) is 0 Å². The van der Waals surface area contributed by atoms with Gasteiger partial charge in [-0.15, -0.1) is 0 Å². The van der Waals surface area contributed by atoms with Gasteiger partial charge >= 0.3 is 0 Å². The number of hydrogen-bond donors (Lipinski definition) is 0. The number of carbonyl (C=O) groups excluding carboxylic acids is 1. The Bertz CT molecular complexity index is 858. The summed E-state index contributed by atoms with van der Waals surface area (Å²) in [6.07, 6.45) is 3.70. The Morgan fingerprint density at radius 2 is 1.63 bits per heavy atom. The van der Waals surface area contributed by atoms with Gasteiger partial charge in [0, 0.05) is 30.9 Å². The number of hydrogen-bond acceptors (Lipinski definition) is 3. The van der Waals surface area contributed by atoms with E-state index in [0.29, 0.717) is 25.2 Å². The molecule has 0 spiro atoms. The molecule has 2 aromatic carbocycles. The van der Waals surface area contributed by atoms with Crippen molar-refractivity contribution in [2.24, 2.45) is 0 Å². The Hall–Kier alpha value is -2.18. The van der Waals surface area contributed by atoms with Crippen molar-refractivity contribution < 1.29 is 13.2 Å². The first-order valence-electron chi connectivity index (χ1n) is 9.51. The molecule has 1 heterocycles. The first-order valence-corrected chi connectivity index (χ1v) is 10.9. The van der Waals surface area contributed by atoms with E-state index < -0.39 is 10.0 Å². The van der Waals surface area contributed by atoms with E-state index in [1.807, 2.05) is 30.3 Å². The third-order valence-corrected chi connectivity index (χ3v) is 6.77. The molecule has 1 amide bonds. The first kappa shape index (κ1) is 19.6. The van der Waals surface area contributed by atoms with Gasteiger partial charge in [-0.2, -0.15) is 4.31 Å². The van der Waals surface area contributed by atoms with Crippen LogP contribution in [0.25, 0.3) is 0 Å². The molecule has 1 aliphatic heterocycles. The monoisotopic (exact) mass is 386 g/mol. The maximum absolute atomic E-state index is 13.0. The van der Waals surface area contributed by atoms with Crippen LogP contribution in [0.1, 0.15) is 43.0 Å². The fourth-order valence-electron chi connectivity index (χ4n) is 3.27. The quantitative estimate of drug-likeness (QED) is 0.725. The van der Waals surface area contributed by atoms with Gasteiger partial charge in [0.25, 0.3) is 5.91 Å². The van der Waals surface area contributed by atoms with Gasteiger partial charge in [-0.1, -0.05) is 31.5 Å². The molecular weight excluding hydrogens is 360 g/mol. The number of carbonyl (C=O) groups is 1. The van der Waals surface area contributed by atoms with Crippen molar-refractivity contribution in [2.75, 3.05) is 24.5 Å². The first-order chi connectivity index (χ1) is 13.0. The van der Waals surface area contributed by atoms with E-state index in [9.17, 15) is 13.2 Å². The van der Waals surface area contributed by atoms with E-state index in [1.54, 1.807) is 29.2 Å². The molecule has 1 aliphatic rings. The Balaban J connectivity index is 1.83. The lowest BCUT2D eigenvalue weighted by molar-refractivity contribution is 0.0986. The van der Waals surface area contributed by atoms with Crippen LogP contribution in [-0.2, 0) is 10.0 Å². The molecule has 1 saturated heterocycles. The van der Waals surface area contributed by atoms with E-state index >= 15 is 0 Å². The van der Waals surface area contributed by atoms with Crippen LogP contribution in [0.2, 0.25) is 0 Å². The molecular formula is C21H26N2O3S. The average molecular weight is 387 g/mol. The van der Waals surface area contributed by atoms with E-state index in [-0.39, 0.29) is 10.8 Å². The molecule has 0 N–H and O–H groups in total. The molecule has 3 rings (SSSR count). The highest BCUT2D eigenvalue weighted by Crippen LogP contribution is 2.23. The van der Waals surface area contributed by atoms with Crippen LogP contribution < -0.4 is 4.90 Å². The van der Waals surface area contributed by atoms with Crippen molar-refractivity contribution in [2.45, 2.75) is 37.5 Å². The van der Waals surface area contributed by atoms with Gasteiger partial charge in [-0.3, -0.25) is 4.79 Å². The highest BCUT2D eigenvalue weighted by atomic mass is 32.2. The predicted octanol–water partition coefficient (Wildman–Crippen LogP) is 3.92. The molecule has 0 bridgehead atoms. The van der Waals surface area contributed by atoms with Crippen molar-refractivity contribution >= 4 is 21.6 Å². The number of nitrogens with zero attached hydrogens (tertiary/aromatic N) is 2. The van der Waals surface area contributed by atoms with Crippen LogP contribution in [0.5, 0.6) is 0 Å². The van der Waals surface area contributed by atoms with Crippen LogP contribution >= 0.6 is 0 Å². The third kappa shape index (κ3) is 4.39. The van der Waals surface area contributed by atoms with Gasteiger partial charge in [0.2, 0.25) is 10.0 Å². The fraction of sp³-hybridized carbons (Fsp3) is 0.381. The van der Waals surface area contributed by atoms with Crippen LogP contribution in [0.3, 0.4) is 0 Å². The van der Waals surface area contributed by atoms with Crippen molar-refractivity contribution in [1.29, 1.82) is 0 Å². The summed E-state index contributed by atoms with van der Waals surface area (Å²) in [5, 5.41) is 0. The number of para-hydroxylation sites is 1. The van der Waals surface area contributed by atoms with Gasteiger partial charge in [0.1, 0.15) is 0 Å². The summed E-state index contributed by atoms with van der Waals surface area (Å²) < 4.78 is 26.8. The number of benzene rings is 2. The minimum absolute atomic E-state index is 0.111. The van der Waals surface area contributed by atoms with E-state index in [0.717, 1.165) is 31.4 Å². The minimum atomic E-state index is -3.46. The molecule has 0 aromatic heterocycles. The van der Waals surface area contributed by atoms with Crippen LogP contribution in [0.4, 0.5) is 5.69 Å². The zero-order valence-electron chi connectivity index (χ0n) is 15.7. The zero-order chi connectivity index (χ0) is 19.3. The molecule has 2 aromatic rings. The second-order valence-electron chi connectivity index (χ2n) is 6.78. The number of anilines is 1. The maximum Gasteiger partial charge on any atom is 0.258 e. The summed E-state index contributed by atoms with van der Waals surface area (Å²) in [5.74, 6) is -0.111. The molecule has 27 heavy (non-hydrogen) atoms. The average Bonchev–Trinajstić information content (AvgIpc) is 3.25. The molecule has 5 nitrogen and oxygen atoms in total. The largest absolute Gasteiger partial charge is 0.308 e. The number of unbranched alkanes of at least 4 members (excludes halogenated alkanes) is 1. The maximum atomic E-state index is 13.0. The lowest BCUT2D eigenvalue weighted by Crippen LogP contribution is -2.32. The molecule has 0 aliphatic carbocycles. The lowest BCUT2D eigenvalue weighted by Gasteiger charge is -2.23. The second kappa shape index (κ2) is 8.67. The Kier molecular flexibility index (Phi) is 6.29. The van der Waals surface area contributed by atoms with Gasteiger partial charge in [0.15, 0.2) is 0 Å². The van der Waals surface area contributed by atoms with Crippen molar-refractivity contribution in [1.82, 2.24) is 4.31 Å². The SMILES string of the molecule is CCCCN(C(=O)c1ccc(S(=O)(=O)N2CCCC2)cc1)c1ccccc1. The Labute approximate surface area is 161 Å². The lowest BCUT2D eigenvalue weighted by atomic mass is 10.1. The molecule has 144 valence electrons. The smallest absolute Gasteiger partial charge is 0.258 e. The van der Waals surface area contributed by atoms with Gasteiger partial charge in [-0.25, -0.2) is 8.42 Å². The number of sulfonamides is 1. The molecule has 0 unspecified atom stereocenters. The summed E-state index contributed by atoms with van der Waals surface area (Å²) in [7, 11) is -3.46. The van der Waals surface area contributed by atoms with E-state index in [1.165, 1.54) is 4.31 Å². The predicted molar refractivity (Wildman–Crippen MR) is 107 cm³/mol. The molecule has 1 fully saturated rings. The summed E-state index contributed by atoms with van der Waals surface area (Å²) in [6, 6.07) is 15.9. The highest BCUT2D eigenvalue weighted by Gasteiger charge is 2.27. The zero-order valence-corrected chi connectivity index (χ0v) is 16.5. The Morgan fingerprint density at radius 3 is 2.22 bits per heavy atom. The van der Waals surface area contributed by atoms with Crippen molar-refractivity contribution in [3.8, 4) is 0 Å². The van der Waals surface area contributed by atoms with E-state index in [2.05, 4.69) is 6.92 Å². The fourth-order valence-corrected chi connectivity index (χ4v) is 4.79. The second-order valence-corrected chi connectivity index (χ2v) is 8.72. The number of amides is 1. The van der Waals surface area contributed by atoms with Gasteiger partial charge < -0.3 is 4.90 Å². The summed E-state index contributed by atoms with van der Waals surface area (Å²) in [6.45, 7) is 3.86. The Morgan fingerprint density at radius 1 is 1.00 bits per heavy atom. The van der Waals surface area contributed by atoms with Crippen LogP contribution in [0, 0.1) is 0 Å².